The van der Waals surface area contributed by atoms with E-state index < -0.39 is 17.6 Å². The molecule has 2 N–H and O–H groups in total. The van der Waals surface area contributed by atoms with Gasteiger partial charge < -0.3 is 10.4 Å². The summed E-state index contributed by atoms with van der Waals surface area (Å²) in [5.74, 6) is -1.42. The first kappa shape index (κ1) is 17.8. The van der Waals surface area contributed by atoms with E-state index in [-0.39, 0.29) is 16.2 Å². The van der Waals surface area contributed by atoms with Crippen LogP contribution in [0, 0.1) is 6.92 Å². The van der Waals surface area contributed by atoms with Crippen LogP contribution in [0.3, 0.4) is 0 Å². The lowest BCUT2D eigenvalue weighted by Gasteiger charge is -2.17. The van der Waals surface area contributed by atoms with Crippen molar-refractivity contribution in [2.24, 2.45) is 0 Å². The molecule has 8 heteroatoms. The van der Waals surface area contributed by atoms with Gasteiger partial charge in [-0.3, -0.25) is 14.2 Å². The molecule has 0 spiro atoms. The molecule has 0 radical (unpaired) electrons. The molecule has 0 fully saturated rings. The molecule has 1 aromatic carbocycles. The zero-order valence-corrected chi connectivity index (χ0v) is 15.0. The number of carbonyl (C=O) groups is 2. The van der Waals surface area contributed by atoms with Crippen molar-refractivity contribution in [2.75, 3.05) is 5.32 Å². The second-order valence-electron chi connectivity index (χ2n) is 5.78. The highest BCUT2D eigenvalue weighted by atomic mass is 32.1. The summed E-state index contributed by atoms with van der Waals surface area (Å²) in [5, 5.41) is 12.3. The number of thiophene rings is 1. The number of benzene rings is 1. The zero-order valence-electron chi connectivity index (χ0n) is 14.2. The largest absolute Gasteiger partial charge is 0.477 e. The smallest absolute Gasteiger partial charge is 0.346 e. The molecule has 2 aromatic heterocycles. The molecule has 2 heterocycles. The first-order valence-corrected chi connectivity index (χ1v) is 8.85. The third-order valence-corrected chi connectivity index (χ3v) is 5.32. The number of nitrogens with zero attached hydrogens (tertiary/aromatic N) is 2. The van der Waals surface area contributed by atoms with Crippen molar-refractivity contribution in [3.05, 3.63) is 57.5 Å². The third kappa shape index (κ3) is 3.11. The predicted molar refractivity (Wildman–Crippen MR) is 100.0 cm³/mol. The molecule has 134 valence electrons. The SMILES string of the molecule is CCC(C(=O)Nc1ccccc1)n1cnc2sc(C(=O)O)c(C)c2c1=O. The molecule has 1 unspecified atom stereocenters. The minimum atomic E-state index is -1.09. The van der Waals surface area contributed by atoms with Gasteiger partial charge in [0.2, 0.25) is 5.91 Å². The fraction of sp³-hybridized carbons (Fsp3) is 0.222. The number of hydrogen-bond acceptors (Lipinski definition) is 5. The summed E-state index contributed by atoms with van der Waals surface area (Å²) in [7, 11) is 0. The first-order chi connectivity index (χ1) is 12.4. The van der Waals surface area contributed by atoms with E-state index in [1.54, 1.807) is 38.1 Å². The number of hydrogen-bond donors (Lipinski definition) is 2. The third-order valence-electron chi connectivity index (χ3n) is 4.14. The normalized spacial score (nSPS) is 12.1. The molecule has 0 aliphatic rings. The van der Waals surface area contributed by atoms with Crippen LogP contribution in [0.1, 0.15) is 34.6 Å². The van der Waals surface area contributed by atoms with Gasteiger partial charge in [-0.05, 0) is 31.0 Å². The van der Waals surface area contributed by atoms with Crippen LogP contribution in [-0.2, 0) is 4.79 Å². The van der Waals surface area contributed by atoms with E-state index in [1.807, 2.05) is 6.07 Å². The summed E-state index contributed by atoms with van der Waals surface area (Å²) in [6.45, 7) is 3.38. The van der Waals surface area contributed by atoms with Crippen LogP contribution in [0.5, 0.6) is 0 Å². The quantitative estimate of drug-likeness (QED) is 0.718. The fourth-order valence-electron chi connectivity index (χ4n) is 2.82. The lowest BCUT2D eigenvalue weighted by Crippen LogP contribution is -2.33. The molecule has 0 aliphatic carbocycles. The Balaban J connectivity index is 2.03. The molecule has 7 nitrogen and oxygen atoms in total. The van der Waals surface area contributed by atoms with Crippen molar-refractivity contribution in [1.82, 2.24) is 9.55 Å². The van der Waals surface area contributed by atoms with Crippen LogP contribution < -0.4 is 10.9 Å². The van der Waals surface area contributed by atoms with Crippen molar-refractivity contribution in [2.45, 2.75) is 26.3 Å². The Morgan fingerprint density at radius 2 is 2.00 bits per heavy atom. The second-order valence-corrected chi connectivity index (χ2v) is 6.78. The number of anilines is 1. The number of carboxylic acid groups (broad SMARTS) is 1. The van der Waals surface area contributed by atoms with Crippen molar-refractivity contribution in [1.29, 1.82) is 0 Å². The number of nitrogens with one attached hydrogen (secondary N) is 1. The summed E-state index contributed by atoms with van der Waals surface area (Å²) in [5.41, 5.74) is 0.604. The number of aromatic nitrogens is 2. The Labute approximate surface area is 152 Å². The van der Waals surface area contributed by atoms with Crippen LogP contribution in [0.2, 0.25) is 0 Å². The number of amides is 1. The van der Waals surface area contributed by atoms with Gasteiger partial charge in [0.05, 0.1) is 11.7 Å². The van der Waals surface area contributed by atoms with Gasteiger partial charge in [0, 0.05) is 5.69 Å². The molecule has 3 rings (SSSR count). The molecule has 1 atom stereocenters. The lowest BCUT2D eigenvalue weighted by atomic mass is 10.1. The Morgan fingerprint density at radius 3 is 2.62 bits per heavy atom. The van der Waals surface area contributed by atoms with Crippen LogP contribution in [-0.4, -0.2) is 26.5 Å². The maximum absolute atomic E-state index is 12.9. The first-order valence-electron chi connectivity index (χ1n) is 8.03. The zero-order chi connectivity index (χ0) is 18.8. The average Bonchev–Trinajstić information content (AvgIpc) is 2.96. The van der Waals surface area contributed by atoms with Gasteiger partial charge >= 0.3 is 5.97 Å². The minimum absolute atomic E-state index is 0.0872. The van der Waals surface area contributed by atoms with Gasteiger partial charge in [0.15, 0.2) is 0 Å². The monoisotopic (exact) mass is 371 g/mol. The van der Waals surface area contributed by atoms with Crippen molar-refractivity contribution >= 4 is 39.1 Å². The van der Waals surface area contributed by atoms with E-state index in [2.05, 4.69) is 10.3 Å². The number of fused-ring (bicyclic) bond motifs is 1. The standard InChI is InChI=1S/C18H17N3O4S/c1-3-12(15(22)20-11-7-5-4-6-8-11)21-9-19-16-13(17(21)23)10(2)14(26-16)18(24)25/h4-9,12H,3H2,1-2H3,(H,20,22)(H,24,25). The Kier molecular flexibility index (Phi) is 4.85. The van der Waals surface area contributed by atoms with E-state index >= 15 is 0 Å². The van der Waals surface area contributed by atoms with E-state index in [1.165, 1.54) is 10.9 Å². The predicted octanol–water partition coefficient (Wildman–Crippen LogP) is 3.05. The molecule has 0 saturated carbocycles. The highest BCUT2D eigenvalue weighted by Crippen LogP contribution is 2.27. The molecule has 1 amide bonds. The number of aromatic carboxylic acids is 1. The number of carbonyl (C=O) groups excluding carboxylic acids is 1. The van der Waals surface area contributed by atoms with E-state index in [0.717, 1.165) is 11.3 Å². The number of para-hydroxylation sites is 1. The highest BCUT2D eigenvalue weighted by molar-refractivity contribution is 7.20. The van der Waals surface area contributed by atoms with Crippen LogP contribution in [0.25, 0.3) is 10.2 Å². The molecular formula is C18H17N3O4S. The lowest BCUT2D eigenvalue weighted by molar-refractivity contribution is -0.119. The van der Waals surface area contributed by atoms with Gasteiger partial charge in [-0.15, -0.1) is 11.3 Å². The molecular weight excluding hydrogens is 354 g/mol. The number of rotatable bonds is 5. The minimum Gasteiger partial charge on any atom is -0.477 e. The highest BCUT2D eigenvalue weighted by Gasteiger charge is 2.24. The van der Waals surface area contributed by atoms with Crippen LogP contribution in [0.15, 0.2) is 41.5 Å². The maximum Gasteiger partial charge on any atom is 0.346 e. The van der Waals surface area contributed by atoms with Crippen LogP contribution in [0.4, 0.5) is 5.69 Å². The molecule has 3 aromatic rings. The van der Waals surface area contributed by atoms with Crippen molar-refractivity contribution in [3.63, 3.8) is 0 Å². The van der Waals surface area contributed by atoms with Gasteiger partial charge in [-0.2, -0.15) is 0 Å². The van der Waals surface area contributed by atoms with Gasteiger partial charge in [0.1, 0.15) is 15.7 Å². The molecule has 0 aliphatic heterocycles. The van der Waals surface area contributed by atoms with Gasteiger partial charge in [-0.1, -0.05) is 25.1 Å². The van der Waals surface area contributed by atoms with Crippen molar-refractivity contribution < 1.29 is 14.7 Å². The van der Waals surface area contributed by atoms with Crippen molar-refractivity contribution in [3.8, 4) is 0 Å². The average molecular weight is 371 g/mol. The molecule has 0 saturated heterocycles. The van der Waals surface area contributed by atoms with E-state index in [4.69, 9.17) is 0 Å². The summed E-state index contributed by atoms with van der Waals surface area (Å²) in [6.07, 6.45) is 1.70. The summed E-state index contributed by atoms with van der Waals surface area (Å²) >= 11 is 0.961. The maximum atomic E-state index is 12.9. The Hall–Kier alpha value is -3.00. The molecule has 0 bridgehead atoms. The summed E-state index contributed by atoms with van der Waals surface area (Å²) in [4.78, 5) is 41.5. The van der Waals surface area contributed by atoms with Gasteiger partial charge in [0.25, 0.3) is 5.56 Å². The van der Waals surface area contributed by atoms with Crippen LogP contribution >= 0.6 is 11.3 Å². The second kappa shape index (κ2) is 7.09. The van der Waals surface area contributed by atoms with E-state index in [9.17, 15) is 19.5 Å². The summed E-state index contributed by atoms with van der Waals surface area (Å²) < 4.78 is 1.27. The number of carboxylic acids is 1. The fourth-order valence-corrected chi connectivity index (χ4v) is 3.80. The topological polar surface area (TPSA) is 101 Å². The summed E-state index contributed by atoms with van der Waals surface area (Å²) in [6, 6.07) is 8.23. The Morgan fingerprint density at radius 1 is 1.31 bits per heavy atom. The van der Waals surface area contributed by atoms with E-state index in [0.29, 0.717) is 22.5 Å². The molecule has 26 heavy (non-hydrogen) atoms. The van der Waals surface area contributed by atoms with Gasteiger partial charge in [-0.25, -0.2) is 9.78 Å². The Bertz CT molecular complexity index is 1040. The number of aryl methyl sites for hydroxylation is 1.